The molecule has 0 radical (unpaired) electrons. The van der Waals surface area contributed by atoms with Gasteiger partial charge in [-0.05, 0) is 0 Å². The van der Waals surface area contributed by atoms with E-state index < -0.39 is 7.75 Å². The van der Waals surface area contributed by atoms with Crippen LogP contribution in [0.15, 0.2) is 0 Å². The predicted octanol–water partition coefficient (Wildman–Crippen LogP) is 0.610. The molecule has 0 heterocycles. The van der Waals surface area contributed by atoms with E-state index in [1.807, 2.05) is 0 Å². The van der Waals surface area contributed by atoms with Crippen molar-refractivity contribution in [2.45, 2.75) is 0 Å². The maximum atomic E-state index is 11.1. The summed E-state index contributed by atoms with van der Waals surface area (Å²) < 4.78 is 20.1. The zero-order valence-corrected chi connectivity index (χ0v) is 6.85. The fraction of sp³-hybridized carbons (Fsp3) is 0.600. The molecule has 10 heavy (non-hydrogen) atoms. The molecule has 0 saturated carbocycles. The van der Waals surface area contributed by atoms with E-state index in [9.17, 15) is 4.57 Å². The lowest BCUT2D eigenvalue weighted by Gasteiger charge is -2.11. The largest absolute Gasteiger partial charge is 0.405 e. The van der Waals surface area contributed by atoms with E-state index in [4.69, 9.17) is 6.42 Å². The third-order valence-electron chi connectivity index (χ3n) is 0.855. The highest BCUT2D eigenvalue weighted by atomic mass is 31.2. The summed E-state index contributed by atoms with van der Waals surface area (Å²) in [5.74, 6) is 2.25. The Morgan fingerprint density at radius 1 is 1.60 bits per heavy atom. The molecular weight excluding hydrogens is 153 g/mol. The predicted molar refractivity (Wildman–Crippen MR) is 38.5 cm³/mol. The molecule has 0 aromatic rings. The van der Waals surface area contributed by atoms with Gasteiger partial charge in [-0.2, -0.15) is 0 Å². The summed E-state index contributed by atoms with van der Waals surface area (Å²) >= 11 is 0. The smallest absolute Gasteiger partial charge is 0.300 e. The van der Waals surface area contributed by atoms with Crippen molar-refractivity contribution in [3.8, 4) is 12.3 Å². The van der Waals surface area contributed by atoms with Crippen LogP contribution < -0.4 is 5.09 Å². The molecule has 0 aliphatic heterocycles. The highest BCUT2D eigenvalue weighted by molar-refractivity contribution is 7.51. The summed E-state index contributed by atoms with van der Waals surface area (Å²) in [6.07, 6.45) is 4.90. The quantitative estimate of drug-likeness (QED) is 0.487. The molecule has 58 valence electrons. The molecule has 0 spiro atoms. The summed E-state index contributed by atoms with van der Waals surface area (Å²) in [5, 5.41) is 2.42. The molecule has 0 saturated heterocycles. The van der Waals surface area contributed by atoms with E-state index in [0.717, 1.165) is 0 Å². The zero-order chi connectivity index (χ0) is 8.04. The fourth-order valence-electron chi connectivity index (χ4n) is 0.346. The van der Waals surface area contributed by atoms with Crippen molar-refractivity contribution in [2.24, 2.45) is 0 Å². The Balaban J connectivity index is 3.85. The van der Waals surface area contributed by atoms with Crippen LogP contribution in [0, 0.1) is 12.3 Å². The summed E-state index contributed by atoms with van der Waals surface area (Å²) in [6, 6.07) is 0. The van der Waals surface area contributed by atoms with Gasteiger partial charge in [0.1, 0.15) is 0 Å². The Hall–Kier alpha value is -0.330. The summed E-state index contributed by atoms with van der Waals surface area (Å²) in [6.45, 7) is 0.166. The van der Waals surface area contributed by atoms with Crippen LogP contribution in [-0.4, -0.2) is 20.8 Å². The highest BCUT2D eigenvalue weighted by Gasteiger charge is 2.18. The Labute approximate surface area is 60.5 Å². The van der Waals surface area contributed by atoms with Crippen molar-refractivity contribution >= 4 is 7.75 Å². The molecule has 4 nitrogen and oxygen atoms in total. The second-order valence-corrected chi connectivity index (χ2v) is 3.44. The van der Waals surface area contributed by atoms with Gasteiger partial charge in [0.2, 0.25) is 0 Å². The van der Waals surface area contributed by atoms with E-state index in [-0.39, 0.29) is 6.54 Å². The van der Waals surface area contributed by atoms with Gasteiger partial charge in [-0.25, -0.2) is 9.65 Å². The molecule has 0 aliphatic carbocycles. The minimum absolute atomic E-state index is 0.166. The summed E-state index contributed by atoms with van der Waals surface area (Å²) in [5.41, 5.74) is 0. The lowest BCUT2D eigenvalue weighted by molar-refractivity contribution is 0.266. The fourth-order valence-corrected chi connectivity index (χ4v) is 1.04. The van der Waals surface area contributed by atoms with Crippen molar-refractivity contribution in [1.29, 1.82) is 0 Å². The zero-order valence-electron chi connectivity index (χ0n) is 5.96. The first-order valence-corrected chi connectivity index (χ1v) is 4.13. The monoisotopic (exact) mass is 163 g/mol. The molecule has 0 amide bonds. The van der Waals surface area contributed by atoms with Crippen molar-refractivity contribution < 1.29 is 13.6 Å². The Morgan fingerprint density at radius 3 is 2.40 bits per heavy atom. The minimum Gasteiger partial charge on any atom is -0.300 e. The number of rotatable bonds is 4. The van der Waals surface area contributed by atoms with Crippen LogP contribution in [0.5, 0.6) is 0 Å². The molecular formula is C5H10NO3P. The van der Waals surface area contributed by atoms with Gasteiger partial charge in [-0.15, -0.1) is 6.42 Å². The Kier molecular flexibility index (Phi) is 4.33. The third-order valence-corrected chi connectivity index (χ3v) is 2.36. The van der Waals surface area contributed by atoms with E-state index in [1.165, 1.54) is 14.2 Å². The molecule has 0 fully saturated rings. The first kappa shape index (κ1) is 9.67. The van der Waals surface area contributed by atoms with Gasteiger partial charge < -0.3 is 9.05 Å². The average molecular weight is 163 g/mol. The topological polar surface area (TPSA) is 47.6 Å². The van der Waals surface area contributed by atoms with Crippen molar-refractivity contribution in [3.05, 3.63) is 0 Å². The summed E-state index contributed by atoms with van der Waals surface area (Å²) in [7, 11) is -0.519. The third kappa shape index (κ3) is 3.00. The molecule has 0 bridgehead atoms. The van der Waals surface area contributed by atoms with Crippen LogP contribution in [-0.2, 0) is 13.6 Å². The van der Waals surface area contributed by atoms with E-state index in [0.29, 0.717) is 0 Å². The van der Waals surface area contributed by atoms with Gasteiger partial charge >= 0.3 is 7.75 Å². The molecule has 0 aliphatic rings. The van der Waals surface area contributed by atoms with Gasteiger partial charge in [-0.3, -0.25) is 0 Å². The second kappa shape index (κ2) is 4.48. The van der Waals surface area contributed by atoms with Crippen LogP contribution in [0.4, 0.5) is 0 Å². The van der Waals surface area contributed by atoms with Crippen LogP contribution in [0.25, 0.3) is 0 Å². The SMILES string of the molecule is C#CCNP(=O)(OC)OC. The van der Waals surface area contributed by atoms with E-state index in [1.54, 1.807) is 0 Å². The molecule has 5 heteroatoms. The second-order valence-electron chi connectivity index (χ2n) is 1.40. The number of hydrogen-bond donors (Lipinski definition) is 1. The highest BCUT2D eigenvalue weighted by Crippen LogP contribution is 2.40. The van der Waals surface area contributed by atoms with E-state index >= 15 is 0 Å². The van der Waals surface area contributed by atoms with E-state index in [2.05, 4.69) is 20.1 Å². The first-order chi connectivity index (χ1) is 4.68. The number of hydrogen-bond acceptors (Lipinski definition) is 3. The van der Waals surface area contributed by atoms with Gasteiger partial charge in [0.05, 0.1) is 6.54 Å². The van der Waals surface area contributed by atoms with Crippen molar-refractivity contribution in [1.82, 2.24) is 5.09 Å². The number of nitrogens with one attached hydrogen (secondary N) is 1. The van der Waals surface area contributed by atoms with Gasteiger partial charge in [-0.1, -0.05) is 5.92 Å². The summed E-state index contributed by atoms with van der Waals surface area (Å²) in [4.78, 5) is 0. The van der Waals surface area contributed by atoms with Crippen molar-refractivity contribution in [2.75, 3.05) is 20.8 Å². The Morgan fingerprint density at radius 2 is 2.10 bits per heavy atom. The molecule has 0 aromatic carbocycles. The maximum Gasteiger partial charge on any atom is 0.405 e. The lowest BCUT2D eigenvalue weighted by Crippen LogP contribution is -2.12. The number of terminal acetylenes is 1. The van der Waals surface area contributed by atoms with Gasteiger partial charge in [0.15, 0.2) is 0 Å². The standard InChI is InChI=1S/C5H10NO3P/c1-4-5-6-10(7,8-2)9-3/h1H,5H2,2-3H3,(H,6,7). The first-order valence-electron chi connectivity index (χ1n) is 2.58. The van der Waals surface area contributed by atoms with Crippen LogP contribution in [0.3, 0.4) is 0 Å². The molecule has 0 rings (SSSR count). The molecule has 0 aromatic heterocycles. The van der Waals surface area contributed by atoms with Crippen molar-refractivity contribution in [3.63, 3.8) is 0 Å². The van der Waals surface area contributed by atoms with Gasteiger partial charge in [0, 0.05) is 14.2 Å². The van der Waals surface area contributed by atoms with Crippen LogP contribution >= 0.6 is 7.75 Å². The van der Waals surface area contributed by atoms with Crippen LogP contribution in [0.1, 0.15) is 0 Å². The maximum absolute atomic E-state index is 11.1. The molecule has 1 N–H and O–H groups in total. The minimum atomic E-state index is -3.09. The lowest BCUT2D eigenvalue weighted by atomic mass is 10.7. The van der Waals surface area contributed by atoms with Gasteiger partial charge in [0.25, 0.3) is 0 Å². The average Bonchev–Trinajstić information content (AvgIpc) is 2.00. The molecule has 0 atom stereocenters. The van der Waals surface area contributed by atoms with Crippen LogP contribution in [0.2, 0.25) is 0 Å². The Bertz CT molecular complexity index is 166. The molecule has 0 unspecified atom stereocenters. The normalized spacial score (nSPS) is 10.9.